The van der Waals surface area contributed by atoms with Gasteiger partial charge in [0.15, 0.2) is 0 Å². The van der Waals surface area contributed by atoms with Crippen LogP contribution < -0.4 is 4.74 Å². The zero-order valence-electron chi connectivity index (χ0n) is 10.3. The molecule has 0 aromatic heterocycles. The highest BCUT2D eigenvalue weighted by Crippen LogP contribution is 2.11. The maximum Gasteiger partial charge on any atom is 0.123 e. The van der Waals surface area contributed by atoms with Gasteiger partial charge >= 0.3 is 0 Å². The Labute approximate surface area is 106 Å². The lowest BCUT2D eigenvalue weighted by Gasteiger charge is -2.19. The topological polar surface area (TPSA) is 56.5 Å². The van der Waals surface area contributed by atoms with Crippen molar-refractivity contribution in [3.63, 3.8) is 0 Å². The molecule has 1 atom stereocenters. The Morgan fingerprint density at radius 3 is 2.72 bits per heavy atom. The molecule has 0 spiro atoms. The fraction of sp³-hybridized carbons (Fsp3) is 0.462. The normalized spacial score (nSPS) is 12.2. The molecule has 18 heavy (non-hydrogen) atoms. The monoisotopic (exact) mass is 252 g/mol. The molecule has 0 aliphatic heterocycles. The number of likely N-dealkylation sites (N-methyl/N-ethyl adjacent to an activating group) is 1. The lowest BCUT2D eigenvalue weighted by atomic mass is 10.3. The molecule has 0 radical (unpaired) electrons. The molecule has 0 aliphatic rings. The van der Waals surface area contributed by atoms with Gasteiger partial charge in [0.05, 0.1) is 6.07 Å². The molecule has 1 aromatic carbocycles. The molecule has 4 nitrogen and oxygen atoms in total. The van der Waals surface area contributed by atoms with Gasteiger partial charge in [0.1, 0.15) is 24.3 Å². The third-order valence-electron chi connectivity index (χ3n) is 2.38. The Balaban J connectivity index is 2.26. The number of nitriles is 1. The van der Waals surface area contributed by atoms with Crippen LogP contribution in [0.25, 0.3) is 0 Å². The van der Waals surface area contributed by atoms with Crippen molar-refractivity contribution in [2.45, 2.75) is 12.5 Å². The SMILES string of the molecule is CN(CCC#N)CC(O)COc1ccc(F)cc1. The predicted octanol–water partition coefficient (Wildman–Crippen LogP) is 1.41. The van der Waals surface area contributed by atoms with Crippen LogP contribution in [-0.2, 0) is 0 Å². The first kappa shape index (κ1) is 14.4. The summed E-state index contributed by atoms with van der Waals surface area (Å²) in [6.07, 6.45) is -0.207. The minimum Gasteiger partial charge on any atom is -0.491 e. The number of nitrogens with zero attached hydrogens (tertiary/aromatic N) is 2. The molecule has 0 aliphatic carbocycles. The molecule has 0 heterocycles. The summed E-state index contributed by atoms with van der Waals surface area (Å²) in [7, 11) is 1.83. The van der Waals surface area contributed by atoms with E-state index in [1.165, 1.54) is 24.3 Å². The van der Waals surface area contributed by atoms with E-state index in [1.54, 1.807) is 0 Å². The largest absolute Gasteiger partial charge is 0.491 e. The van der Waals surface area contributed by atoms with Crippen molar-refractivity contribution in [2.24, 2.45) is 0 Å². The van der Waals surface area contributed by atoms with Gasteiger partial charge in [-0.15, -0.1) is 0 Å². The predicted molar refractivity (Wildman–Crippen MR) is 65.6 cm³/mol. The second kappa shape index (κ2) is 7.64. The number of benzene rings is 1. The van der Waals surface area contributed by atoms with Crippen molar-refractivity contribution < 1.29 is 14.2 Å². The van der Waals surface area contributed by atoms with Crippen LogP contribution in [0.2, 0.25) is 0 Å². The van der Waals surface area contributed by atoms with Crippen LogP contribution in [0.15, 0.2) is 24.3 Å². The Morgan fingerprint density at radius 1 is 1.44 bits per heavy atom. The van der Waals surface area contributed by atoms with Crippen LogP contribution in [0.4, 0.5) is 4.39 Å². The number of halogens is 1. The highest BCUT2D eigenvalue weighted by Gasteiger charge is 2.08. The van der Waals surface area contributed by atoms with Gasteiger partial charge in [-0.3, -0.25) is 0 Å². The van der Waals surface area contributed by atoms with E-state index < -0.39 is 6.10 Å². The van der Waals surface area contributed by atoms with Crippen molar-refractivity contribution in [3.8, 4) is 11.8 Å². The zero-order chi connectivity index (χ0) is 13.4. The Bertz CT molecular complexity index is 389. The Morgan fingerprint density at radius 2 is 2.11 bits per heavy atom. The molecular formula is C13H17FN2O2. The summed E-state index contributed by atoms with van der Waals surface area (Å²) < 4.78 is 18.0. The van der Waals surface area contributed by atoms with Crippen molar-refractivity contribution in [2.75, 3.05) is 26.7 Å². The van der Waals surface area contributed by atoms with Crippen LogP contribution in [0.5, 0.6) is 5.75 Å². The quantitative estimate of drug-likeness (QED) is 0.797. The summed E-state index contributed by atoms with van der Waals surface area (Å²) in [6, 6.07) is 7.69. The molecular weight excluding hydrogens is 235 g/mol. The molecule has 1 unspecified atom stereocenters. The van der Waals surface area contributed by atoms with E-state index in [1.807, 2.05) is 18.0 Å². The van der Waals surface area contributed by atoms with E-state index in [-0.39, 0.29) is 12.4 Å². The Hall–Kier alpha value is -1.64. The van der Waals surface area contributed by atoms with E-state index in [0.717, 1.165) is 0 Å². The fourth-order valence-electron chi connectivity index (χ4n) is 1.47. The van der Waals surface area contributed by atoms with Gasteiger partial charge in [0.2, 0.25) is 0 Å². The lowest BCUT2D eigenvalue weighted by Crippen LogP contribution is -2.33. The van der Waals surface area contributed by atoms with Crippen LogP contribution >= 0.6 is 0 Å². The number of aliphatic hydroxyl groups excluding tert-OH is 1. The van der Waals surface area contributed by atoms with Crippen molar-refractivity contribution in [1.82, 2.24) is 4.90 Å². The standard InChI is InChI=1S/C13H17FN2O2/c1-16(8-2-7-15)9-12(17)10-18-13-5-3-11(14)4-6-13/h3-6,12,17H,2,8-10H2,1H3. The van der Waals surface area contributed by atoms with E-state index >= 15 is 0 Å². The van der Waals surface area contributed by atoms with Crippen molar-refractivity contribution in [3.05, 3.63) is 30.1 Å². The summed E-state index contributed by atoms with van der Waals surface area (Å²) in [5.74, 6) is 0.203. The second-order valence-electron chi connectivity index (χ2n) is 4.09. The molecule has 1 rings (SSSR count). The molecule has 1 aromatic rings. The summed E-state index contributed by atoms with van der Waals surface area (Å²) in [4.78, 5) is 1.86. The second-order valence-corrected chi connectivity index (χ2v) is 4.09. The number of ether oxygens (including phenoxy) is 1. The third kappa shape index (κ3) is 5.62. The van der Waals surface area contributed by atoms with Crippen molar-refractivity contribution >= 4 is 0 Å². The first-order valence-corrected chi connectivity index (χ1v) is 5.73. The van der Waals surface area contributed by atoms with Crippen LogP contribution in [0, 0.1) is 17.1 Å². The summed E-state index contributed by atoms with van der Waals surface area (Å²) in [5.41, 5.74) is 0. The molecule has 0 saturated carbocycles. The number of hydrogen-bond acceptors (Lipinski definition) is 4. The van der Waals surface area contributed by atoms with E-state index in [2.05, 4.69) is 0 Å². The molecule has 98 valence electrons. The first-order valence-electron chi connectivity index (χ1n) is 5.73. The van der Waals surface area contributed by atoms with Crippen LogP contribution in [0.3, 0.4) is 0 Å². The summed E-state index contributed by atoms with van der Waals surface area (Å²) in [5, 5.41) is 18.1. The minimum atomic E-state index is -0.640. The average Bonchev–Trinajstić information content (AvgIpc) is 2.35. The van der Waals surface area contributed by atoms with Gasteiger partial charge in [-0.2, -0.15) is 5.26 Å². The number of rotatable bonds is 7. The maximum atomic E-state index is 12.6. The number of aliphatic hydroxyl groups is 1. The van der Waals surface area contributed by atoms with Gasteiger partial charge in [-0.25, -0.2) is 4.39 Å². The molecule has 0 bridgehead atoms. The molecule has 1 N–H and O–H groups in total. The molecule has 5 heteroatoms. The van der Waals surface area contributed by atoms with E-state index in [4.69, 9.17) is 10.00 Å². The third-order valence-corrected chi connectivity index (χ3v) is 2.38. The smallest absolute Gasteiger partial charge is 0.123 e. The zero-order valence-corrected chi connectivity index (χ0v) is 10.3. The fourth-order valence-corrected chi connectivity index (χ4v) is 1.47. The van der Waals surface area contributed by atoms with E-state index in [9.17, 15) is 9.50 Å². The number of hydrogen-bond donors (Lipinski definition) is 1. The highest BCUT2D eigenvalue weighted by molar-refractivity contribution is 5.22. The van der Waals surface area contributed by atoms with Crippen LogP contribution in [-0.4, -0.2) is 42.9 Å². The first-order chi connectivity index (χ1) is 8.61. The van der Waals surface area contributed by atoms with Crippen LogP contribution in [0.1, 0.15) is 6.42 Å². The van der Waals surface area contributed by atoms with Gasteiger partial charge in [0.25, 0.3) is 0 Å². The highest BCUT2D eigenvalue weighted by atomic mass is 19.1. The lowest BCUT2D eigenvalue weighted by molar-refractivity contribution is 0.0769. The summed E-state index contributed by atoms with van der Waals surface area (Å²) >= 11 is 0. The van der Waals surface area contributed by atoms with Gasteiger partial charge in [-0.05, 0) is 31.3 Å². The molecule has 0 amide bonds. The minimum absolute atomic E-state index is 0.141. The maximum absolute atomic E-state index is 12.6. The average molecular weight is 252 g/mol. The molecule has 0 saturated heterocycles. The van der Waals surface area contributed by atoms with Crippen molar-refractivity contribution in [1.29, 1.82) is 5.26 Å². The summed E-state index contributed by atoms with van der Waals surface area (Å²) in [6.45, 7) is 1.19. The van der Waals surface area contributed by atoms with E-state index in [0.29, 0.717) is 25.3 Å². The van der Waals surface area contributed by atoms with Gasteiger partial charge in [-0.1, -0.05) is 0 Å². The van der Waals surface area contributed by atoms with Gasteiger partial charge < -0.3 is 14.7 Å². The molecule has 0 fully saturated rings. The Kier molecular flexibility index (Phi) is 6.12. The van der Waals surface area contributed by atoms with Gasteiger partial charge in [0, 0.05) is 19.5 Å².